The molecule has 0 fully saturated rings. The first-order valence-corrected chi connectivity index (χ1v) is 5.10. The fourth-order valence-corrected chi connectivity index (χ4v) is 1.21. The van der Waals surface area contributed by atoms with Gasteiger partial charge in [-0.15, -0.1) is 0 Å². The average molecular weight is 194 g/mol. The molecule has 0 saturated carbocycles. The van der Waals surface area contributed by atoms with Crippen LogP contribution in [0.5, 0.6) is 5.88 Å². The van der Waals surface area contributed by atoms with E-state index in [9.17, 15) is 0 Å². The van der Waals surface area contributed by atoms with Crippen molar-refractivity contribution in [3.8, 4) is 5.88 Å². The van der Waals surface area contributed by atoms with Gasteiger partial charge in [-0.05, 0) is 12.5 Å². The summed E-state index contributed by atoms with van der Waals surface area (Å²) >= 11 is 0. The van der Waals surface area contributed by atoms with Crippen LogP contribution in [0.4, 0.5) is 5.69 Å². The number of hydrogen-bond acceptors (Lipinski definition) is 3. The lowest BCUT2D eigenvalue weighted by Crippen LogP contribution is -2.01. The lowest BCUT2D eigenvalue weighted by molar-refractivity contribution is 0.398. The molecule has 0 amide bonds. The molecule has 78 valence electrons. The van der Waals surface area contributed by atoms with Crippen LogP contribution in [0.2, 0.25) is 0 Å². The number of rotatable bonds is 6. The Bertz CT molecular complexity index is 246. The quantitative estimate of drug-likeness (QED) is 0.707. The third kappa shape index (κ3) is 3.64. The summed E-state index contributed by atoms with van der Waals surface area (Å²) in [6, 6.07) is 3.85. The van der Waals surface area contributed by atoms with Gasteiger partial charge < -0.3 is 10.1 Å². The van der Waals surface area contributed by atoms with Crippen LogP contribution in [0.15, 0.2) is 18.3 Å². The molecular formula is C11H18N2O. The van der Waals surface area contributed by atoms with Crippen molar-refractivity contribution in [3.63, 3.8) is 0 Å². The molecule has 1 aromatic heterocycles. The lowest BCUT2D eigenvalue weighted by atomic mass is 10.2. The highest BCUT2D eigenvalue weighted by Crippen LogP contribution is 2.10. The lowest BCUT2D eigenvalue weighted by Gasteiger charge is -2.05. The molecule has 0 spiro atoms. The smallest absolute Gasteiger partial charge is 0.213 e. The summed E-state index contributed by atoms with van der Waals surface area (Å²) in [5.74, 6) is 0.657. The van der Waals surface area contributed by atoms with E-state index in [0.29, 0.717) is 5.88 Å². The summed E-state index contributed by atoms with van der Waals surface area (Å²) in [6.07, 6.45) is 5.53. The Kier molecular flexibility index (Phi) is 4.83. The standard InChI is InChI=1S/C11H18N2O/c1-3-4-5-8-12-10-6-7-11(14-2)13-9-10/h6-7,9,12H,3-5,8H2,1-2H3. The van der Waals surface area contributed by atoms with Crippen LogP contribution in [-0.4, -0.2) is 18.6 Å². The van der Waals surface area contributed by atoms with Crippen LogP contribution < -0.4 is 10.1 Å². The number of unbranched alkanes of at least 4 members (excludes halogenated alkanes) is 2. The minimum Gasteiger partial charge on any atom is -0.481 e. The highest BCUT2D eigenvalue weighted by Gasteiger charge is 1.93. The molecule has 0 aliphatic rings. The Morgan fingerprint density at radius 2 is 2.21 bits per heavy atom. The normalized spacial score (nSPS) is 9.86. The molecule has 0 radical (unpaired) electrons. The zero-order valence-corrected chi connectivity index (χ0v) is 8.92. The summed E-state index contributed by atoms with van der Waals surface area (Å²) in [5.41, 5.74) is 1.06. The number of methoxy groups -OCH3 is 1. The summed E-state index contributed by atoms with van der Waals surface area (Å²) in [4.78, 5) is 4.11. The van der Waals surface area contributed by atoms with Gasteiger partial charge in [-0.3, -0.25) is 0 Å². The van der Waals surface area contributed by atoms with Crippen molar-refractivity contribution < 1.29 is 4.74 Å². The predicted molar refractivity (Wildman–Crippen MR) is 58.8 cm³/mol. The largest absolute Gasteiger partial charge is 0.481 e. The van der Waals surface area contributed by atoms with E-state index < -0.39 is 0 Å². The minimum atomic E-state index is 0.657. The van der Waals surface area contributed by atoms with Gasteiger partial charge in [0.05, 0.1) is 19.0 Å². The number of pyridine rings is 1. The fraction of sp³-hybridized carbons (Fsp3) is 0.545. The topological polar surface area (TPSA) is 34.1 Å². The summed E-state index contributed by atoms with van der Waals surface area (Å²) in [6.45, 7) is 3.22. The van der Waals surface area contributed by atoms with Crippen LogP contribution in [0.1, 0.15) is 26.2 Å². The molecule has 0 bridgehead atoms. The van der Waals surface area contributed by atoms with E-state index in [1.54, 1.807) is 13.3 Å². The van der Waals surface area contributed by atoms with E-state index in [-0.39, 0.29) is 0 Å². The third-order valence-electron chi connectivity index (χ3n) is 2.05. The molecule has 0 aromatic carbocycles. The van der Waals surface area contributed by atoms with Crippen molar-refractivity contribution in [1.29, 1.82) is 0 Å². The first-order chi connectivity index (χ1) is 6.86. The second-order valence-corrected chi connectivity index (χ2v) is 3.22. The molecule has 3 nitrogen and oxygen atoms in total. The molecule has 1 N–H and O–H groups in total. The van der Waals surface area contributed by atoms with Crippen molar-refractivity contribution >= 4 is 5.69 Å². The summed E-state index contributed by atoms with van der Waals surface area (Å²) in [5, 5.41) is 3.31. The second kappa shape index (κ2) is 6.24. The van der Waals surface area contributed by atoms with Crippen molar-refractivity contribution in [3.05, 3.63) is 18.3 Å². The predicted octanol–water partition coefficient (Wildman–Crippen LogP) is 2.69. The van der Waals surface area contributed by atoms with Crippen LogP contribution in [0.3, 0.4) is 0 Å². The minimum absolute atomic E-state index is 0.657. The van der Waals surface area contributed by atoms with Gasteiger partial charge in [0.1, 0.15) is 0 Å². The van der Waals surface area contributed by atoms with E-state index in [0.717, 1.165) is 12.2 Å². The van der Waals surface area contributed by atoms with Crippen molar-refractivity contribution in [2.75, 3.05) is 19.0 Å². The van der Waals surface area contributed by atoms with Crippen molar-refractivity contribution in [1.82, 2.24) is 4.98 Å². The van der Waals surface area contributed by atoms with Gasteiger partial charge in [0.2, 0.25) is 5.88 Å². The van der Waals surface area contributed by atoms with Crippen LogP contribution >= 0.6 is 0 Å². The Morgan fingerprint density at radius 1 is 1.36 bits per heavy atom. The average Bonchev–Trinajstić information content (AvgIpc) is 2.25. The highest BCUT2D eigenvalue weighted by atomic mass is 16.5. The molecule has 0 atom stereocenters. The van der Waals surface area contributed by atoms with Crippen molar-refractivity contribution in [2.24, 2.45) is 0 Å². The monoisotopic (exact) mass is 194 g/mol. The number of hydrogen-bond donors (Lipinski definition) is 1. The van der Waals surface area contributed by atoms with Crippen LogP contribution in [0.25, 0.3) is 0 Å². The number of nitrogens with one attached hydrogen (secondary N) is 1. The van der Waals surface area contributed by atoms with E-state index in [1.807, 2.05) is 12.1 Å². The first-order valence-electron chi connectivity index (χ1n) is 5.10. The molecule has 3 heteroatoms. The number of ether oxygens (including phenoxy) is 1. The maximum atomic E-state index is 4.97. The summed E-state index contributed by atoms with van der Waals surface area (Å²) < 4.78 is 4.97. The Labute approximate surface area is 85.5 Å². The highest BCUT2D eigenvalue weighted by molar-refractivity contribution is 5.41. The van der Waals surface area contributed by atoms with Gasteiger partial charge >= 0.3 is 0 Å². The van der Waals surface area contributed by atoms with Gasteiger partial charge in [-0.1, -0.05) is 19.8 Å². The molecular weight excluding hydrogens is 176 g/mol. The van der Waals surface area contributed by atoms with Crippen LogP contribution in [0, 0.1) is 0 Å². The van der Waals surface area contributed by atoms with Gasteiger partial charge in [0.25, 0.3) is 0 Å². The number of anilines is 1. The molecule has 14 heavy (non-hydrogen) atoms. The Balaban J connectivity index is 2.29. The summed E-state index contributed by atoms with van der Waals surface area (Å²) in [7, 11) is 1.62. The SMILES string of the molecule is CCCCCNc1ccc(OC)nc1. The molecule has 0 aliphatic carbocycles. The van der Waals surface area contributed by atoms with E-state index in [2.05, 4.69) is 17.2 Å². The van der Waals surface area contributed by atoms with E-state index in [1.165, 1.54) is 19.3 Å². The second-order valence-electron chi connectivity index (χ2n) is 3.22. The van der Waals surface area contributed by atoms with Gasteiger partial charge in [-0.25, -0.2) is 4.98 Å². The first kappa shape index (κ1) is 10.8. The Hall–Kier alpha value is -1.25. The van der Waals surface area contributed by atoms with Gasteiger partial charge in [0, 0.05) is 12.6 Å². The molecule has 0 saturated heterocycles. The maximum Gasteiger partial charge on any atom is 0.213 e. The molecule has 1 heterocycles. The molecule has 1 aromatic rings. The van der Waals surface area contributed by atoms with Crippen LogP contribution in [-0.2, 0) is 0 Å². The van der Waals surface area contributed by atoms with E-state index >= 15 is 0 Å². The maximum absolute atomic E-state index is 4.97. The van der Waals surface area contributed by atoms with Crippen molar-refractivity contribution in [2.45, 2.75) is 26.2 Å². The molecule has 0 aliphatic heterocycles. The number of aromatic nitrogens is 1. The van der Waals surface area contributed by atoms with E-state index in [4.69, 9.17) is 4.74 Å². The Morgan fingerprint density at radius 3 is 2.79 bits per heavy atom. The fourth-order valence-electron chi connectivity index (χ4n) is 1.21. The molecule has 0 unspecified atom stereocenters. The van der Waals surface area contributed by atoms with Gasteiger partial charge in [0.15, 0.2) is 0 Å². The van der Waals surface area contributed by atoms with Gasteiger partial charge in [-0.2, -0.15) is 0 Å². The molecule has 1 rings (SSSR count). The zero-order valence-electron chi connectivity index (χ0n) is 8.92. The third-order valence-corrected chi connectivity index (χ3v) is 2.05. The zero-order chi connectivity index (χ0) is 10.2. The number of nitrogens with zero attached hydrogens (tertiary/aromatic N) is 1.